The molecule has 2 N–H and O–H groups in total. The Morgan fingerprint density at radius 2 is 1.40 bits per heavy atom. The summed E-state index contributed by atoms with van der Waals surface area (Å²) in [4.78, 5) is 40.5. The van der Waals surface area contributed by atoms with Gasteiger partial charge in [0.15, 0.2) is 5.82 Å². The lowest BCUT2D eigenvalue weighted by Gasteiger charge is -2.21. The smallest absolute Gasteiger partial charge is 0.341 e. The maximum atomic E-state index is 12.3. The average molecular weight is 370 g/mol. The number of pyridine rings is 1. The molecule has 0 saturated carbocycles. The third-order valence-electron chi connectivity index (χ3n) is 3.21. The van der Waals surface area contributed by atoms with Crippen molar-refractivity contribution in [2.75, 3.05) is 17.7 Å². The number of carbonyl (C=O) groups excluding carboxylic acids is 3. The van der Waals surface area contributed by atoms with Crippen LogP contribution in [-0.2, 0) is 14.3 Å². The van der Waals surface area contributed by atoms with Gasteiger partial charge in [-0.2, -0.15) is 0 Å². The first-order valence-corrected chi connectivity index (χ1v) is 8.07. The van der Waals surface area contributed by atoms with Crippen molar-refractivity contribution >= 4 is 41.0 Å². The predicted octanol–water partition coefficient (Wildman–Crippen LogP) is 3.49. The Kier molecular flexibility index (Phi) is 6.18. The van der Waals surface area contributed by atoms with Crippen LogP contribution in [0.5, 0.6) is 0 Å². The van der Waals surface area contributed by atoms with E-state index in [0.717, 1.165) is 0 Å². The molecule has 0 bridgehead atoms. The van der Waals surface area contributed by atoms with Crippen molar-refractivity contribution in [3.05, 3.63) is 16.7 Å². The number of nitrogens with one attached hydrogen (secondary N) is 2. The van der Waals surface area contributed by atoms with Gasteiger partial charge in [-0.05, 0) is 6.07 Å². The molecule has 0 aliphatic rings. The number of anilines is 2. The van der Waals surface area contributed by atoms with Gasteiger partial charge in [0.1, 0.15) is 11.4 Å². The number of aromatic nitrogens is 1. The van der Waals surface area contributed by atoms with Gasteiger partial charge in [0.05, 0.1) is 12.1 Å². The number of nitrogens with zero attached hydrogens (tertiary/aromatic N) is 1. The molecule has 0 spiro atoms. The third kappa shape index (κ3) is 5.42. The molecule has 8 heteroatoms. The van der Waals surface area contributed by atoms with E-state index in [1.807, 2.05) is 0 Å². The molecule has 1 heterocycles. The molecule has 0 aromatic carbocycles. The van der Waals surface area contributed by atoms with E-state index in [1.54, 1.807) is 41.5 Å². The van der Waals surface area contributed by atoms with Gasteiger partial charge in [-0.25, -0.2) is 9.78 Å². The van der Waals surface area contributed by atoms with E-state index in [9.17, 15) is 14.4 Å². The summed E-state index contributed by atoms with van der Waals surface area (Å²) < 4.78 is 4.70. The second kappa shape index (κ2) is 7.39. The summed E-state index contributed by atoms with van der Waals surface area (Å²) in [6, 6.07) is 1.30. The van der Waals surface area contributed by atoms with Gasteiger partial charge >= 0.3 is 5.97 Å². The van der Waals surface area contributed by atoms with Crippen molar-refractivity contribution in [1.29, 1.82) is 0 Å². The minimum atomic E-state index is -0.705. The molecular weight excluding hydrogens is 346 g/mol. The molecule has 0 aliphatic heterocycles. The van der Waals surface area contributed by atoms with Gasteiger partial charge in [0.2, 0.25) is 11.8 Å². The first kappa shape index (κ1) is 20.9. The van der Waals surface area contributed by atoms with Crippen molar-refractivity contribution in [2.45, 2.75) is 41.5 Å². The van der Waals surface area contributed by atoms with Crippen LogP contribution in [0.15, 0.2) is 6.07 Å². The summed E-state index contributed by atoms with van der Waals surface area (Å²) >= 11 is 6.13. The second-order valence-corrected chi connectivity index (χ2v) is 8.02. The number of rotatable bonds is 3. The van der Waals surface area contributed by atoms with Crippen molar-refractivity contribution in [3.8, 4) is 0 Å². The molecule has 0 aliphatic carbocycles. The van der Waals surface area contributed by atoms with Crippen molar-refractivity contribution in [1.82, 2.24) is 4.98 Å². The van der Waals surface area contributed by atoms with Crippen molar-refractivity contribution in [3.63, 3.8) is 0 Å². The Bertz CT molecular complexity index is 703. The van der Waals surface area contributed by atoms with Crippen LogP contribution < -0.4 is 10.6 Å². The van der Waals surface area contributed by atoms with Crippen LogP contribution in [0.25, 0.3) is 0 Å². The highest BCUT2D eigenvalue weighted by atomic mass is 35.5. The number of halogens is 1. The topological polar surface area (TPSA) is 97.4 Å². The number of methoxy groups -OCH3 is 1. The summed E-state index contributed by atoms with van der Waals surface area (Å²) in [5.41, 5.74) is -1.37. The highest BCUT2D eigenvalue weighted by molar-refractivity contribution is 6.34. The molecule has 1 aromatic heterocycles. The molecule has 2 amide bonds. The average Bonchev–Trinajstić information content (AvgIpc) is 2.47. The molecule has 0 saturated heterocycles. The summed E-state index contributed by atoms with van der Waals surface area (Å²) in [7, 11) is 1.21. The van der Waals surface area contributed by atoms with Crippen LogP contribution in [-0.4, -0.2) is 29.9 Å². The Morgan fingerprint density at radius 1 is 0.960 bits per heavy atom. The molecule has 1 rings (SSSR count). The van der Waals surface area contributed by atoms with Crippen LogP contribution in [0.1, 0.15) is 51.9 Å². The number of amides is 2. The number of hydrogen-bond donors (Lipinski definition) is 2. The Morgan fingerprint density at radius 3 is 1.80 bits per heavy atom. The van der Waals surface area contributed by atoms with E-state index in [-0.39, 0.29) is 34.0 Å². The van der Waals surface area contributed by atoms with E-state index < -0.39 is 16.8 Å². The van der Waals surface area contributed by atoms with Crippen LogP contribution in [0.2, 0.25) is 5.02 Å². The molecule has 0 fully saturated rings. The Labute approximate surface area is 152 Å². The molecule has 25 heavy (non-hydrogen) atoms. The zero-order chi connectivity index (χ0) is 19.6. The van der Waals surface area contributed by atoms with Gasteiger partial charge < -0.3 is 15.4 Å². The SMILES string of the molecule is COC(=O)c1cc(Cl)c(NC(=O)C(C)(C)C)nc1NC(=O)C(C)(C)C. The van der Waals surface area contributed by atoms with Gasteiger partial charge in [-0.1, -0.05) is 53.1 Å². The molecule has 7 nitrogen and oxygen atoms in total. The first-order valence-electron chi connectivity index (χ1n) is 7.69. The first-order chi connectivity index (χ1) is 11.3. The van der Waals surface area contributed by atoms with Gasteiger partial charge in [-0.3, -0.25) is 9.59 Å². The fourth-order valence-corrected chi connectivity index (χ4v) is 1.73. The lowest BCUT2D eigenvalue weighted by molar-refractivity contribution is -0.123. The number of esters is 1. The summed E-state index contributed by atoms with van der Waals surface area (Å²) in [5.74, 6) is -1.33. The largest absolute Gasteiger partial charge is 0.465 e. The molecule has 138 valence electrons. The molecule has 1 aromatic rings. The summed E-state index contributed by atoms with van der Waals surface area (Å²) in [6.45, 7) is 10.4. The zero-order valence-electron chi connectivity index (χ0n) is 15.5. The molecule has 0 radical (unpaired) electrons. The summed E-state index contributed by atoms with van der Waals surface area (Å²) in [6.07, 6.45) is 0. The Hall–Kier alpha value is -2.15. The van der Waals surface area contributed by atoms with E-state index in [4.69, 9.17) is 16.3 Å². The minimum absolute atomic E-state index is 0.00106. The van der Waals surface area contributed by atoms with Crippen LogP contribution in [0.4, 0.5) is 11.6 Å². The van der Waals surface area contributed by atoms with E-state index in [1.165, 1.54) is 13.2 Å². The highest BCUT2D eigenvalue weighted by Crippen LogP contribution is 2.29. The number of carbonyl (C=O) groups is 3. The molecular formula is C17H24ClN3O4. The van der Waals surface area contributed by atoms with E-state index >= 15 is 0 Å². The standard InChI is InChI=1S/C17H24ClN3O4/c1-16(2,3)14(23)20-11-9(13(22)25-7)8-10(18)12(19-11)21-15(24)17(4,5)6/h8H,1-7H3,(H2,19,20,21,23,24). The Balaban J connectivity index is 3.35. The monoisotopic (exact) mass is 369 g/mol. The maximum absolute atomic E-state index is 12.3. The predicted molar refractivity (Wildman–Crippen MR) is 96.8 cm³/mol. The fourth-order valence-electron chi connectivity index (χ4n) is 1.53. The molecule has 0 atom stereocenters. The number of hydrogen-bond acceptors (Lipinski definition) is 5. The summed E-state index contributed by atoms with van der Waals surface area (Å²) in [5, 5.41) is 5.25. The number of ether oxygens (including phenoxy) is 1. The van der Waals surface area contributed by atoms with E-state index in [2.05, 4.69) is 15.6 Å². The van der Waals surface area contributed by atoms with Gasteiger partial charge in [0, 0.05) is 10.8 Å². The maximum Gasteiger partial charge on any atom is 0.341 e. The fraction of sp³-hybridized carbons (Fsp3) is 0.529. The highest BCUT2D eigenvalue weighted by Gasteiger charge is 2.27. The lowest BCUT2D eigenvalue weighted by atomic mass is 9.95. The normalized spacial score (nSPS) is 11.7. The third-order valence-corrected chi connectivity index (χ3v) is 3.50. The van der Waals surface area contributed by atoms with Crippen molar-refractivity contribution in [2.24, 2.45) is 10.8 Å². The zero-order valence-corrected chi connectivity index (χ0v) is 16.3. The second-order valence-electron chi connectivity index (χ2n) is 7.61. The lowest BCUT2D eigenvalue weighted by Crippen LogP contribution is -2.30. The van der Waals surface area contributed by atoms with Crippen LogP contribution >= 0.6 is 11.6 Å². The van der Waals surface area contributed by atoms with Gasteiger partial charge in [0.25, 0.3) is 0 Å². The van der Waals surface area contributed by atoms with Crippen molar-refractivity contribution < 1.29 is 19.1 Å². The van der Waals surface area contributed by atoms with Crippen LogP contribution in [0.3, 0.4) is 0 Å². The van der Waals surface area contributed by atoms with E-state index in [0.29, 0.717) is 0 Å². The van der Waals surface area contributed by atoms with Crippen LogP contribution in [0, 0.1) is 10.8 Å². The quantitative estimate of drug-likeness (QED) is 0.795. The van der Waals surface area contributed by atoms with Gasteiger partial charge in [-0.15, -0.1) is 0 Å². The molecule has 0 unspecified atom stereocenters. The minimum Gasteiger partial charge on any atom is -0.465 e.